The van der Waals surface area contributed by atoms with Crippen LogP contribution in [0, 0.1) is 5.41 Å². The summed E-state index contributed by atoms with van der Waals surface area (Å²) in [6, 6.07) is 0. The van der Waals surface area contributed by atoms with Crippen LogP contribution in [0.25, 0.3) is 0 Å². The Morgan fingerprint density at radius 1 is 1.44 bits per heavy atom. The molecule has 1 unspecified atom stereocenters. The van der Waals surface area contributed by atoms with E-state index in [1.54, 1.807) is 0 Å². The minimum Gasteiger partial charge on any atom is -0.366 e. The monoisotopic (exact) mass is 276 g/mol. The Bertz CT molecular complexity index is 276. The number of ether oxygens (including phenoxy) is 1. The molecule has 0 aromatic carbocycles. The van der Waals surface area contributed by atoms with Crippen LogP contribution in [0.5, 0.6) is 0 Å². The Morgan fingerprint density at radius 2 is 2.17 bits per heavy atom. The van der Waals surface area contributed by atoms with Crippen molar-refractivity contribution in [3.8, 4) is 0 Å². The molecule has 0 bridgehead atoms. The van der Waals surface area contributed by atoms with Crippen LogP contribution in [0.2, 0.25) is 0 Å². The van der Waals surface area contributed by atoms with Crippen LogP contribution >= 0.6 is 12.4 Å². The second-order valence-corrected chi connectivity index (χ2v) is 5.28. The van der Waals surface area contributed by atoms with E-state index in [1.807, 2.05) is 4.90 Å². The average Bonchev–Trinajstić information content (AvgIpc) is 2.84. The number of likely N-dealkylation sites (tertiary alicyclic amines) is 1. The number of morpholine rings is 1. The molecule has 2 rings (SSSR count). The molecule has 1 amide bonds. The van der Waals surface area contributed by atoms with Crippen molar-refractivity contribution in [3.05, 3.63) is 0 Å². The quantitative estimate of drug-likeness (QED) is 0.848. The second kappa shape index (κ2) is 6.73. The summed E-state index contributed by atoms with van der Waals surface area (Å²) in [5.41, 5.74) is 0.359. The zero-order chi connectivity index (χ0) is 12.3. The Labute approximate surface area is 116 Å². The zero-order valence-corrected chi connectivity index (χ0v) is 12.2. The van der Waals surface area contributed by atoms with Crippen LogP contribution in [0.4, 0.5) is 0 Å². The van der Waals surface area contributed by atoms with E-state index in [0.717, 1.165) is 38.9 Å². The smallest absolute Gasteiger partial charge is 0.253 e. The molecule has 2 aliphatic rings. The van der Waals surface area contributed by atoms with E-state index in [0.29, 0.717) is 18.6 Å². The fraction of sp³-hybridized carbons (Fsp3) is 0.923. The highest BCUT2D eigenvalue weighted by Gasteiger charge is 2.39. The lowest BCUT2D eigenvalue weighted by Crippen LogP contribution is -2.49. The molecule has 0 aromatic heterocycles. The fourth-order valence-corrected chi connectivity index (χ4v) is 2.88. The van der Waals surface area contributed by atoms with Gasteiger partial charge in [-0.25, -0.2) is 0 Å². The predicted molar refractivity (Wildman–Crippen MR) is 74.1 cm³/mol. The number of halogens is 1. The molecular formula is C13H25ClN2O2. The molecule has 2 saturated heterocycles. The summed E-state index contributed by atoms with van der Waals surface area (Å²) < 4.78 is 5.53. The molecule has 4 nitrogen and oxygen atoms in total. The first kappa shape index (κ1) is 15.7. The Kier molecular flexibility index (Phi) is 5.89. The third-order valence-electron chi connectivity index (χ3n) is 4.45. The van der Waals surface area contributed by atoms with Gasteiger partial charge < -0.3 is 15.0 Å². The lowest BCUT2D eigenvalue weighted by molar-refractivity contribution is -0.144. The Morgan fingerprint density at radius 3 is 2.67 bits per heavy atom. The van der Waals surface area contributed by atoms with E-state index < -0.39 is 0 Å². The number of nitrogens with one attached hydrogen (secondary N) is 1. The van der Waals surface area contributed by atoms with Gasteiger partial charge in [0.25, 0.3) is 5.91 Å². The standard InChI is InChI=1S/C13H24N2O2.ClH/c1-3-13(4-2)5-7-15(10-13)12(16)11-9-14-6-8-17-11;/h11,14H,3-10H2,1-2H3;1H. The molecule has 5 heteroatoms. The molecule has 18 heavy (non-hydrogen) atoms. The number of nitrogens with zero attached hydrogens (tertiary/aromatic N) is 1. The van der Waals surface area contributed by atoms with Crippen molar-refractivity contribution in [1.82, 2.24) is 10.2 Å². The minimum absolute atomic E-state index is 0. The van der Waals surface area contributed by atoms with E-state index >= 15 is 0 Å². The maximum Gasteiger partial charge on any atom is 0.253 e. The van der Waals surface area contributed by atoms with Gasteiger partial charge in [-0.15, -0.1) is 12.4 Å². The van der Waals surface area contributed by atoms with Gasteiger partial charge in [-0.3, -0.25) is 4.79 Å². The second-order valence-electron chi connectivity index (χ2n) is 5.28. The highest BCUT2D eigenvalue weighted by Crippen LogP contribution is 2.37. The van der Waals surface area contributed by atoms with Gasteiger partial charge in [-0.2, -0.15) is 0 Å². The van der Waals surface area contributed by atoms with Gasteiger partial charge in [0.15, 0.2) is 0 Å². The number of amides is 1. The number of carbonyl (C=O) groups excluding carboxylic acids is 1. The van der Waals surface area contributed by atoms with Gasteiger partial charge in [0, 0.05) is 26.2 Å². The zero-order valence-electron chi connectivity index (χ0n) is 11.4. The van der Waals surface area contributed by atoms with Gasteiger partial charge in [0.05, 0.1) is 6.61 Å². The minimum atomic E-state index is -0.256. The topological polar surface area (TPSA) is 41.6 Å². The van der Waals surface area contributed by atoms with E-state index in [1.165, 1.54) is 0 Å². The summed E-state index contributed by atoms with van der Waals surface area (Å²) >= 11 is 0. The van der Waals surface area contributed by atoms with Gasteiger partial charge in [-0.1, -0.05) is 13.8 Å². The Balaban J connectivity index is 0.00000162. The highest BCUT2D eigenvalue weighted by atomic mass is 35.5. The van der Waals surface area contributed by atoms with E-state index in [-0.39, 0.29) is 24.4 Å². The van der Waals surface area contributed by atoms with Crippen molar-refractivity contribution in [2.24, 2.45) is 5.41 Å². The van der Waals surface area contributed by atoms with Gasteiger partial charge in [0.1, 0.15) is 6.10 Å². The predicted octanol–water partition coefficient (Wildman–Crippen LogP) is 1.44. The lowest BCUT2D eigenvalue weighted by atomic mass is 9.82. The van der Waals surface area contributed by atoms with E-state index in [2.05, 4.69) is 19.2 Å². The molecule has 2 heterocycles. The number of hydrogen-bond acceptors (Lipinski definition) is 3. The van der Waals surface area contributed by atoms with Crippen LogP contribution in [0.15, 0.2) is 0 Å². The highest BCUT2D eigenvalue weighted by molar-refractivity contribution is 5.85. The molecule has 0 aliphatic carbocycles. The van der Waals surface area contributed by atoms with Gasteiger partial charge in [0.2, 0.25) is 0 Å². The van der Waals surface area contributed by atoms with E-state index in [9.17, 15) is 4.79 Å². The van der Waals surface area contributed by atoms with Crippen LogP contribution in [-0.2, 0) is 9.53 Å². The number of rotatable bonds is 3. The summed E-state index contributed by atoms with van der Waals surface area (Å²) in [6.07, 6.45) is 3.22. The summed E-state index contributed by atoms with van der Waals surface area (Å²) in [4.78, 5) is 14.3. The van der Waals surface area contributed by atoms with Crippen LogP contribution < -0.4 is 5.32 Å². The van der Waals surface area contributed by atoms with E-state index in [4.69, 9.17) is 4.74 Å². The maximum atomic E-state index is 12.3. The third-order valence-corrected chi connectivity index (χ3v) is 4.45. The summed E-state index contributed by atoms with van der Waals surface area (Å²) in [5, 5.41) is 3.22. The molecule has 1 N–H and O–H groups in total. The molecule has 1 atom stereocenters. The average molecular weight is 277 g/mol. The number of hydrogen-bond donors (Lipinski definition) is 1. The fourth-order valence-electron chi connectivity index (χ4n) is 2.88. The Hall–Kier alpha value is -0.320. The molecule has 0 saturated carbocycles. The molecule has 106 valence electrons. The SMILES string of the molecule is CCC1(CC)CCN(C(=O)C2CNCCO2)C1.Cl. The van der Waals surface area contributed by atoms with Crippen molar-refractivity contribution < 1.29 is 9.53 Å². The molecular weight excluding hydrogens is 252 g/mol. The molecule has 0 radical (unpaired) electrons. The molecule has 2 fully saturated rings. The van der Waals surface area contributed by atoms with Crippen LogP contribution in [0.3, 0.4) is 0 Å². The molecule has 2 aliphatic heterocycles. The molecule has 0 spiro atoms. The first-order valence-corrected chi connectivity index (χ1v) is 6.82. The van der Waals surface area contributed by atoms with Crippen molar-refractivity contribution >= 4 is 18.3 Å². The summed E-state index contributed by atoms with van der Waals surface area (Å²) in [5.74, 6) is 0.181. The lowest BCUT2D eigenvalue weighted by Gasteiger charge is -2.29. The van der Waals surface area contributed by atoms with Gasteiger partial charge in [-0.05, 0) is 24.7 Å². The third kappa shape index (κ3) is 3.16. The normalized spacial score (nSPS) is 26.8. The van der Waals surface area contributed by atoms with Crippen molar-refractivity contribution in [1.29, 1.82) is 0 Å². The van der Waals surface area contributed by atoms with Crippen molar-refractivity contribution in [2.75, 3.05) is 32.8 Å². The summed E-state index contributed by atoms with van der Waals surface area (Å²) in [6.45, 7) is 8.46. The summed E-state index contributed by atoms with van der Waals surface area (Å²) in [7, 11) is 0. The largest absolute Gasteiger partial charge is 0.366 e. The van der Waals surface area contributed by atoms with Crippen molar-refractivity contribution in [3.63, 3.8) is 0 Å². The number of carbonyl (C=O) groups is 1. The van der Waals surface area contributed by atoms with Crippen LogP contribution in [-0.4, -0.2) is 49.7 Å². The first-order valence-electron chi connectivity index (χ1n) is 6.82. The van der Waals surface area contributed by atoms with Crippen molar-refractivity contribution in [2.45, 2.75) is 39.2 Å². The van der Waals surface area contributed by atoms with Crippen LogP contribution in [0.1, 0.15) is 33.1 Å². The maximum absolute atomic E-state index is 12.3. The first-order chi connectivity index (χ1) is 8.21. The molecule has 0 aromatic rings. The van der Waals surface area contributed by atoms with Gasteiger partial charge >= 0.3 is 0 Å².